The second-order valence-corrected chi connectivity index (χ2v) is 6.20. The summed E-state index contributed by atoms with van der Waals surface area (Å²) in [7, 11) is 0. The number of nitrogens with one attached hydrogen (secondary N) is 1. The first kappa shape index (κ1) is 15.5. The van der Waals surface area contributed by atoms with Crippen LogP contribution in [0.2, 0.25) is 0 Å². The molecule has 1 aliphatic carbocycles. The van der Waals surface area contributed by atoms with Gasteiger partial charge in [0.1, 0.15) is 6.10 Å². The molecule has 0 heterocycles. The smallest absolute Gasteiger partial charge is 0.249 e. The lowest BCUT2D eigenvalue weighted by atomic mass is 10.2. The van der Waals surface area contributed by atoms with Crippen molar-refractivity contribution in [2.24, 2.45) is 0 Å². The van der Waals surface area contributed by atoms with E-state index in [0.717, 1.165) is 29.3 Å². The third-order valence-electron chi connectivity index (χ3n) is 3.70. The van der Waals surface area contributed by atoms with Gasteiger partial charge in [0.05, 0.1) is 6.10 Å². The van der Waals surface area contributed by atoms with E-state index in [0.29, 0.717) is 6.54 Å². The first-order valence-electron chi connectivity index (χ1n) is 7.36. The quantitative estimate of drug-likeness (QED) is 0.855. The first-order valence-corrected chi connectivity index (χ1v) is 8.16. The molecule has 110 valence electrons. The van der Waals surface area contributed by atoms with Crippen LogP contribution in [0.25, 0.3) is 0 Å². The molecule has 1 amide bonds. The number of carbonyl (C=O) groups excluding carboxylic acids is 1. The van der Waals surface area contributed by atoms with Crippen LogP contribution in [0, 0.1) is 0 Å². The van der Waals surface area contributed by atoms with Gasteiger partial charge in [-0.3, -0.25) is 4.79 Å². The van der Waals surface area contributed by atoms with Gasteiger partial charge in [0, 0.05) is 11.0 Å². The zero-order chi connectivity index (χ0) is 14.4. The third-order valence-corrected chi connectivity index (χ3v) is 4.23. The van der Waals surface area contributed by atoms with Crippen molar-refractivity contribution in [3.05, 3.63) is 34.3 Å². The summed E-state index contributed by atoms with van der Waals surface area (Å²) in [6.45, 7) is 2.55. The molecule has 4 heteroatoms. The fraction of sp³-hybridized carbons (Fsp3) is 0.562. The van der Waals surface area contributed by atoms with E-state index < -0.39 is 0 Å². The number of rotatable bonds is 6. The van der Waals surface area contributed by atoms with Gasteiger partial charge in [-0.2, -0.15) is 0 Å². The summed E-state index contributed by atoms with van der Waals surface area (Å²) in [4.78, 5) is 12.2. The van der Waals surface area contributed by atoms with Crippen LogP contribution in [0.3, 0.4) is 0 Å². The van der Waals surface area contributed by atoms with Crippen LogP contribution < -0.4 is 5.32 Å². The van der Waals surface area contributed by atoms with Gasteiger partial charge in [-0.25, -0.2) is 0 Å². The summed E-state index contributed by atoms with van der Waals surface area (Å²) >= 11 is 3.40. The normalized spacial score (nSPS) is 17.1. The van der Waals surface area contributed by atoms with Crippen LogP contribution >= 0.6 is 15.9 Å². The molecule has 0 bridgehead atoms. The van der Waals surface area contributed by atoms with Crippen molar-refractivity contribution in [1.29, 1.82) is 0 Å². The molecule has 20 heavy (non-hydrogen) atoms. The lowest BCUT2D eigenvalue weighted by Gasteiger charge is -2.20. The second kappa shape index (κ2) is 7.79. The molecule has 0 saturated heterocycles. The van der Waals surface area contributed by atoms with E-state index in [9.17, 15) is 4.79 Å². The molecular weight excluding hydrogens is 318 g/mol. The van der Waals surface area contributed by atoms with Gasteiger partial charge in [-0.15, -0.1) is 0 Å². The van der Waals surface area contributed by atoms with E-state index in [4.69, 9.17) is 4.74 Å². The predicted molar refractivity (Wildman–Crippen MR) is 83.4 cm³/mol. The summed E-state index contributed by atoms with van der Waals surface area (Å²) in [6.07, 6.45) is 5.32. The summed E-state index contributed by atoms with van der Waals surface area (Å²) < 4.78 is 6.96. The van der Waals surface area contributed by atoms with Crippen LogP contribution in [0.5, 0.6) is 0 Å². The molecule has 0 spiro atoms. The Bertz CT molecular complexity index is 427. The number of hydrogen-bond donors (Lipinski definition) is 1. The van der Waals surface area contributed by atoms with Gasteiger partial charge in [0.2, 0.25) is 5.91 Å². The molecule has 0 radical (unpaired) electrons. The van der Waals surface area contributed by atoms with Crippen molar-refractivity contribution < 1.29 is 9.53 Å². The average molecular weight is 340 g/mol. The van der Waals surface area contributed by atoms with Crippen LogP contribution in [-0.2, 0) is 16.1 Å². The van der Waals surface area contributed by atoms with Gasteiger partial charge in [-0.1, -0.05) is 47.8 Å². The van der Waals surface area contributed by atoms with Crippen molar-refractivity contribution in [2.45, 2.75) is 57.8 Å². The fourth-order valence-electron chi connectivity index (χ4n) is 2.51. The minimum atomic E-state index is -0.312. The Morgan fingerprint density at radius 1 is 1.35 bits per heavy atom. The lowest BCUT2D eigenvalue weighted by Crippen LogP contribution is -2.37. The van der Waals surface area contributed by atoms with Crippen molar-refractivity contribution in [2.75, 3.05) is 0 Å². The topological polar surface area (TPSA) is 38.3 Å². The van der Waals surface area contributed by atoms with Crippen LogP contribution in [0.4, 0.5) is 0 Å². The van der Waals surface area contributed by atoms with Gasteiger partial charge in [0.15, 0.2) is 0 Å². The Kier molecular flexibility index (Phi) is 6.05. The van der Waals surface area contributed by atoms with Crippen molar-refractivity contribution in [1.82, 2.24) is 5.32 Å². The number of ether oxygens (including phenoxy) is 1. The number of hydrogen-bond acceptors (Lipinski definition) is 2. The van der Waals surface area contributed by atoms with Gasteiger partial charge in [-0.05, 0) is 37.0 Å². The van der Waals surface area contributed by atoms with Crippen LogP contribution in [-0.4, -0.2) is 18.1 Å². The Balaban J connectivity index is 1.80. The number of carbonyl (C=O) groups is 1. The second-order valence-electron chi connectivity index (χ2n) is 5.28. The SMILES string of the molecule is CCC(OC1CCCC1)C(=O)NCc1ccc(Br)cc1. The van der Waals surface area contributed by atoms with Crippen LogP contribution in [0.15, 0.2) is 28.7 Å². The Morgan fingerprint density at radius 2 is 2.00 bits per heavy atom. The van der Waals surface area contributed by atoms with Gasteiger partial charge >= 0.3 is 0 Å². The Morgan fingerprint density at radius 3 is 2.60 bits per heavy atom. The van der Waals surface area contributed by atoms with E-state index in [-0.39, 0.29) is 18.1 Å². The lowest BCUT2D eigenvalue weighted by molar-refractivity contribution is -0.136. The highest BCUT2D eigenvalue weighted by molar-refractivity contribution is 9.10. The fourth-order valence-corrected chi connectivity index (χ4v) is 2.77. The van der Waals surface area contributed by atoms with Crippen molar-refractivity contribution in [3.63, 3.8) is 0 Å². The molecule has 1 aliphatic rings. The van der Waals surface area contributed by atoms with E-state index in [1.165, 1.54) is 12.8 Å². The maximum atomic E-state index is 12.2. The molecule has 1 aromatic carbocycles. The molecule has 2 rings (SSSR count). The van der Waals surface area contributed by atoms with Crippen molar-refractivity contribution in [3.8, 4) is 0 Å². The van der Waals surface area contributed by atoms with Crippen LogP contribution in [0.1, 0.15) is 44.6 Å². The summed E-state index contributed by atoms with van der Waals surface area (Å²) in [5, 5.41) is 2.96. The third kappa shape index (κ3) is 4.60. The molecule has 0 aliphatic heterocycles. The monoisotopic (exact) mass is 339 g/mol. The maximum absolute atomic E-state index is 12.2. The first-order chi connectivity index (χ1) is 9.69. The molecule has 1 atom stereocenters. The zero-order valence-electron chi connectivity index (χ0n) is 11.9. The Labute approximate surface area is 129 Å². The number of amides is 1. The van der Waals surface area contributed by atoms with Gasteiger partial charge in [0.25, 0.3) is 0 Å². The summed E-state index contributed by atoms with van der Waals surface area (Å²) in [5.74, 6) is 0.00215. The maximum Gasteiger partial charge on any atom is 0.249 e. The van der Waals surface area contributed by atoms with Crippen molar-refractivity contribution >= 4 is 21.8 Å². The molecule has 0 aromatic heterocycles. The largest absolute Gasteiger partial charge is 0.365 e. The van der Waals surface area contributed by atoms with E-state index in [2.05, 4.69) is 21.2 Å². The van der Waals surface area contributed by atoms with E-state index in [1.807, 2.05) is 31.2 Å². The van der Waals surface area contributed by atoms with E-state index >= 15 is 0 Å². The highest BCUT2D eigenvalue weighted by Crippen LogP contribution is 2.23. The minimum Gasteiger partial charge on any atom is -0.365 e. The molecule has 1 N–H and O–H groups in total. The molecular formula is C16H22BrNO2. The average Bonchev–Trinajstić information content (AvgIpc) is 2.97. The molecule has 1 fully saturated rings. The zero-order valence-corrected chi connectivity index (χ0v) is 13.5. The highest BCUT2D eigenvalue weighted by atomic mass is 79.9. The highest BCUT2D eigenvalue weighted by Gasteiger charge is 2.24. The predicted octanol–water partition coefficient (Wildman–Crippen LogP) is 3.80. The summed E-state index contributed by atoms with van der Waals surface area (Å²) in [6, 6.07) is 7.97. The Hall–Kier alpha value is -0.870. The molecule has 1 aromatic rings. The molecule has 3 nitrogen and oxygen atoms in total. The van der Waals surface area contributed by atoms with Gasteiger partial charge < -0.3 is 10.1 Å². The molecule has 1 saturated carbocycles. The minimum absolute atomic E-state index is 0.00215. The molecule has 1 unspecified atom stereocenters. The van der Waals surface area contributed by atoms with E-state index in [1.54, 1.807) is 0 Å². The standard InChI is InChI=1S/C16H22BrNO2/c1-2-15(20-14-5-3-4-6-14)16(19)18-11-12-7-9-13(17)10-8-12/h7-10,14-15H,2-6,11H2,1H3,(H,18,19). The number of benzene rings is 1. The number of halogens is 1. The summed E-state index contributed by atoms with van der Waals surface area (Å²) in [5.41, 5.74) is 1.09.